The molecule has 0 spiro atoms. The average molecular weight is 421 g/mol. The van der Waals surface area contributed by atoms with Crippen molar-refractivity contribution in [3.8, 4) is 11.4 Å². The molecule has 5 nitrogen and oxygen atoms in total. The maximum atomic E-state index is 13.4. The minimum absolute atomic E-state index is 0.0506. The van der Waals surface area contributed by atoms with Crippen molar-refractivity contribution in [2.45, 2.75) is 18.1 Å². The van der Waals surface area contributed by atoms with E-state index >= 15 is 0 Å². The number of benzene rings is 2. The molecule has 1 heterocycles. The second-order valence-corrected chi connectivity index (χ2v) is 7.94. The van der Waals surface area contributed by atoms with Gasteiger partial charge in [-0.05, 0) is 63.5 Å². The van der Waals surface area contributed by atoms with Gasteiger partial charge in [-0.15, -0.1) is 10.2 Å². The second-order valence-electron chi connectivity index (χ2n) is 6.45. The zero-order valence-electron chi connectivity index (χ0n) is 16.0. The Labute approximate surface area is 173 Å². The number of rotatable bonds is 8. The van der Waals surface area contributed by atoms with E-state index in [0.717, 1.165) is 22.4 Å². The lowest BCUT2D eigenvalue weighted by atomic mass is 10.2. The van der Waals surface area contributed by atoms with Crippen molar-refractivity contribution in [1.82, 2.24) is 19.7 Å². The number of hydrogen-bond donors (Lipinski definition) is 0. The van der Waals surface area contributed by atoms with E-state index in [1.165, 1.54) is 23.9 Å². The van der Waals surface area contributed by atoms with Crippen molar-refractivity contribution in [1.29, 1.82) is 0 Å². The van der Waals surface area contributed by atoms with E-state index in [4.69, 9.17) is 16.3 Å². The quantitative estimate of drug-likeness (QED) is 0.385. The molecule has 0 aliphatic heterocycles. The highest BCUT2D eigenvalue weighted by Gasteiger charge is 2.20. The largest absolute Gasteiger partial charge is 0.493 e. The number of nitrogens with zero attached hydrogens (tertiary/aromatic N) is 4. The molecule has 3 rings (SSSR count). The molecule has 0 fully saturated rings. The summed E-state index contributed by atoms with van der Waals surface area (Å²) in [7, 11) is 3.97. The molecule has 0 N–H and O–H groups in total. The molecule has 1 atom stereocenters. The molecular formula is C20H22ClFN4OS. The predicted molar refractivity (Wildman–Crippen MR) is 111 cm³/mol. The maximum absolute atomic E-state index is 13.4. The van der Waals surface area contributed by atoms with Gasteiger partial charge in [0.25, 0.3) is 0 Å². The van der Waals surface area contributed by atoms with Crippen LogP contribution in [0.4, 0.5) is 4.39 Å². The highest BCUT2D eigenvalue weighted by Crippen LogP contribution is 2.27. The summed E-state index contributed by atoms with van der Waals surface area (Å²) < 4.78 is 21.1. The minimum Gasteiger partial charge on any atom is -0.493 e. The van der Waals surface area contributed by atoms with Gasteiger partial charge in [-0.2, -0.15) is 0 Å². The van der Waals surface area contributed by atoms with Gasteiger partial charge in [0.2, 0.25) is 0 Å². The van der Waals surface area contributed by atoms with Gasteiger partial charge in [-0.25, -0.2) is 4.39 Å². The third-order valence-electron chi connectivity index (χ3n) is 4.27. The zero-order chi connectivity index (χ0) is 20.1. The summed E-state index contributed by atoms with van der Waals surface area (Å²) >= 11 is 7.51. The van der Waals surface area contributed by atoms with E-state index in [-0.39, 0.29) is 11.9 Å². The molecular weight excluding hydrogens is 399 g/mol. The second kappa shape index (κ2) is 9.41. The van der Waals surface area contributed by atoms with E-state index in [9.17, 15) is 4.39 Å². The summed E-state index contributed by atoms with van der Waals surface area (Å²) in [6, 6.07) is 13.7. The summed E-state index contributed by atoms with van der Waals surface area (Å²) in [5.41, 5.74) is 0.827. The van der Waals surface area contributed by atoms with Gasteiger partial charge in [-0.1, -0.05) is 29.4 Å². The topological polar surface area (TPSA) is 43.2 Å². The lowest BCUT2D eigenvalue weighted by molar-refractivity contribution is 0.305. The smallest absolute Gasteiger partial charge is 0.196 e. The third-order valence-corrected chi connectivity index (χ3v) is 5.40. The van der Waals surface area contributed by atoms with Crippen LogP contribution in [-0.2, 0) is 0 Å². The standard InChI is InChI=1S/C20H22ClFN4OS/c1-14(25(2)3)19-23-24-20(26(19)17-9-7-16(22)8-10-17)28-12-11-27-18-6-4-5-15(21)13-18/h4-10,13-14H,11-12H2,1-3H3/t14-/m0/s1. The maximum Gasteiger partial charge on any atom is 0.196 e. The molecule has 1 aromatic heterocycles. The van der Waals surface area contributed by atoms with E-state index in [1.807, 2.05) is 36.9 Å². The Morgan fingerprint density at radius 2 is 1.93 bits per heavy atom. The fourth-order valence-corrected chi connectivity index (χ4v) is 3.51. The van der Waals surface area contributed by atoms with Crippen LogP contribution in [0.15, 0.2) is 53.7 Å². The fourth-order valence-electron chi connectivity index (χ4n) is 2.56. The molecule has 0 saturated heterocycles. The van der Waals surface area contributed by atoms with Crippen LogP contribution in [0.5, 0.6) is 5.75 Å². The summed E-state index contributed by atoms with van der Waals surface area (Å²) in [6.07, 6.45) is 0. The van der Waals surface area contributed by atoms with Crippen LogP contribution in [0.25, 0.3) is 5.69 Å². The molecule has 0 radical (unpaired) electrons. The number of aromatic nitrogens is 3. The van der Waals surface area contributed by atoms with Crippen LogP contribution in [0.2, 0.25) is 5.02 Å². The molecule has 2 aromatic carbocycles. The lowest BCUT2D eigenvalue weighted by Crippen LogP contribution is -2.20. The van der Waals surface area contributed by atoms with Crippen LogP contribution in [0.3, 0.4) is 0 Å². The highest BCUT2D eigenvalue weighted by atomic mass is 35.5. The van der Waals surface area contributed by atoms with Gasteiger partial charge in [0, 0.05) is 16.5 Å². The fraction of sp³-hybridized carbons (Fsp3) is 0.300. The summed E-state index contributed by atoms with van der Waals surface area (Å²) in [5, 5.41) is 10.1. The first-order valence-corrected chi connectivity index (χ1v) is 10.2. The summed E-state index contributed by atoms with van der Waals surface area (Å²) in [4.78, 5) is 2.06. The molecule has 0 aliphatic rings. The summed E-state index contributed by atoms with van der Waals surface area (Å²) in [5.74, 6) is 1.94. The molecule has 0 unspecified atom stereocenters. The van der Waals surface area contributed by atoms with Crippen molar-refractivity contribution in [3.63, 3.8) is 0 Å². The van der Waals surface area contributed by atoms with E-state index in [2.05, 4.69) is 22.0 Å². The van der Waals surface area contributed by atoms with Crippen LogP contribution in [-0.4, -0.2) is 46.1 Å². The Hall–Kier alpha value is -2.09. The Kier molecular flexibility index (Phi) is 6.93. The molecule has 0 saturated carbocycles. The average Bonchev–Trinajstić information content (AvgIpc) is 3.09. The van der Waals surface area contributed by atoms with Crippen molar-refractivity contribution in [2.24, 2.45) is 0 Å². The van der Waals surface area contributed by atoms with Crippen molar-refractivity contribution < 1.29 is 9.13 Å². The first-order valence-electron chi connectivity index (χ1n) is 8.84. The van der Waals surface area contributed by atoms with Crippen LogP contribution >= 0.6 is 23.4 Å². The van der Waals surface area contributed by atoms with Gasteiger partial charge in [-0.3, -0.25) is 9.47 Å². The van der Waals surface area contributed by atoms with E-state index in [1.54, 1.807) is 18.2 Å². The van der Waals surface area contributed by atoms with Gasteiger partial charge in [0.05, 0.1) is 12.6 Å². The Morgan fingerprint density at radius 3 is 2.61 bits per heavy atom. The van der Waals surface area contributed by atoms with Crippen LogP contribution in [0, 0.1) is 5.82 Å². The Balaban J connectivity index is 1.75. The van der Waals surface area contributed by atoms with Gasteiger partial charge in [0.15, 0.2) is 11.0 Å². The molecule has 0 bridgehead atoms. The number of hydrogen-bond acceptors (Lipinski definition) is 5. The first-order chi connectivity index (χ1) is 13.5. The third kappa shape index (κ3) is 5.04. The van der Waals surface area contributed by atoms with Crippen LogP contribution < -0.4 is 4.74 Å². The minimum atomic E-state index is -0.275. The van der Waals surface area contributed by atoms with Crippen molar-refractivity contribution in [2.75, 3.05) is 26.5 Å². The van der Waals surface area contributed by atoms with E-state index in [0.29, 0.717) is 17.4 Å². The summed E-state index contributed by atoms with van der Waals surface area (Å²) in [6.45, 7) is 2.56. The molecule has 8 heteroatoms. The predicted octanol–water partition coefficient (Wildman–Crippen LogP) is 4.85. The van der Waals surface area contributed by atoms with Crippen molar-refractivity contribution in [3.05, 3.63) is 65.2 Å². The van der Waals surface area contributed by atoms with Crippen molar-refractivity contribution >= 4 is 23.4 Å². The number of thioether (sulfide) groups is 1. The normalized spacial score (nSPS) is 12.4. The number of halogens is 2. The van der Waals surface area contributed by atoms with Crippen LogP contribution in [0.1, 0.15) is 18.8 Å². The van der Waals surface area contributed by atoms with E-state index < -0.39 is 0 Å². The molecule has 0 aliphatic carbocycles. The zero-order valence-corrected chi connectivity index (χ0v) is 17.5. The van der Waals surface area contributed by atoms with Gasteiger partial charge >= 0.3 is 0 Å². The molecule has 3 aromatic rings. The SMILES string of the molecule is C[C@@H](c1nnc(SCCOc2cccc(Cl)c2)n1-c1ccc(F)cc1)N(C)C. The molecule has 28 heavy (non-hydrogen) atoms. The number of ether oxygens (including phenoxy) is 1. The monoisotopic (exact) mass is 420 g/mol. The Bertz CT molecular complexity index is 917. The molecule has 148 valence electrons. The molecule has 0 amide bonds. The van der Waals surface area contributed by atoms with Gasteiger partial charge in [0.1, 0.15) is 11.6 Å². The lowest BCUT2D eigenvalue weighted by Gasteiger charge is -2.20. The Morgan fingerprint density at radius 1 is 1.18 bits per heavy atom. The highest BCUT2D eigenvalue weighted by molar-refractivity contribution is 7.99. The van der Waals surface area contributed by atoms with Gasteiger partial charge < -0.3 is 4.74 Å². The first kappa shape index (κ1) is 20.6.